The molecule has 2 N–H and O–H groups in total. The molecule has 0 saturated heterocycles. The van der Waals surface area contributed by atoms with Gasteiger partial charge in [-0.25, -0.2) is 21.6 Å². The second-order valence-electron chi connectivity index (χ2n) is 6.91. The number of hydrogen-bond donors (Lipinski definition) is 2. The smallest absolute Gasteiger partial charge is 0.245 e. The number of ether oxygens (including phenoxy) is 1. The van der Waals surface area contributed by atoms with E-state index in [0.29, 0.717) is 10.2 Å². The van der Waals surface area contributed by atoms with Crippen LogP contribution in [0.3, 0.4) is 0 Å². The van der Waals surface area contributed by atoms with Crippen LogP contribution in [-0.2, 0) is 24.8 Å². The molecule has 0 aliphatic carbocycles. The van der Waals surface area contributed by atoms with Gasteiger partial charge in [0.25, 0.3) is 0 Å². The zero-order valence-electron chi connectivity index (χ0n) is 17.4. The van der Waals surface area contributed by atoms with E-state index in [-0.39, 0.29) is 22.4 Å². The van der Waals surface area contributed by atoms with Crippen LogP contribution in [0.2, 0.25) is 0 Å². The number of nitrogens with one attached hydrogen (secondary N) is 2. The van der Waals surface area contributed by atoms with E-state index in [1.165, 1.54) is 25.3 Å². The van der Waals surface area contributed by atoms with Crippen molar-refractivity contribution in [1.29, 1.82) is 0 Å². The molecule has 0 radical (unpaired) electrons. The Morgan fingerprint density at radius 1 is 1.13 bits per heavy atom. The summed E-state index contributed by atoms with van der Waals surface area (Å²) < 4.78 is 58.6. The minimum atomic E-state index is -3.81. The lowest BCUT2D eigenvalue weighted by molar-refractivity contribution is -0.114. The number of amides is 1. The zero-order valence-corrected chi connectivity index (χ0v) is 20.6. The highest BCUT2D eigenvalue weighted by atomic mass is 79.9. The molecule has 0 heterocycles. The summed E-state index contributed by atoms with van der Waals surface area (Å²) >= 11 is 3.29. The van der Waals surface area contributed by atoms with E-state index in [2.05, 4.69) is 26.0 Å². The third kappa shape index (κ3) is 6.66. The normalized spacial score (nSPS) is 11.9. The highest BCUT2D eigenvalue weighted by Gasteiger charge is 2.24. The average Bonchev–Trinajstić information content (AvgIpc) is 2.65. The number of carbonyl (C=O) groups excluding carboxylic acids is 1. The summed E-state index contributed by atoms with van der Waals surface area (Å²) in [6.07, 6.45) is 0.991. The van der Waals surface area contributed by atoms with Crippen molar-refractivity contribution < 1.29 is 26.4 Å². The van der Waals surface area contributed by atoms with Crippen molar-refractivity contribution in [2.75, 3.05) is 29.5 Å². The Morgan fingerprint density at radius 2 is 1.77 bits per heavy atom. The van der Waals surface area contributed by atoms with Gasteiger partial charge in [0, 0.05) is 10.5 Å². The van der Waals surface area contributed by atoms with E-state index in [1.54, 1.807) is 38.1 Å². The summed E-state index contributed by atoms with van der Waals surface area (Å²) in [5, 5.41) is 2.54. The van der Waals surface area contributed by atoms with Crippen LogP contribution in [0, 0.1) is 0 Å². The van der Waals surface area contributed by atoms with E-state index >= 15 is 0 Å². The van der Waals surface area contributed by atoms with E-state index in [0.717, 1.165) is 10.6 Å². The summed E-state index contributed by atoms with van der Waals surface area (Å²) in [6.45, 7) is 2.85. The van der Waals surface area contributed by atoms with Crippen molar-refractivity contribution in [3.63, 3.8) is 0 Å². The molecule has 9 nitrogen and oxygen atoms in total. The Bertz CT molecular complexity index is 1170. The topological polar surface area (TPSA) is 122 Å². The van der Waals surface area contributed by atoms with Crippen molar-refractivity contribution >= 4 is 53.3 Å². The maximum Gasteiger partial charge on any atom is 0.245 e. The quantitative estimate of drug-likeness (QED) is 0.510. The first kappa shape index (κ1) is 25.1. The Labute approximate surface area is 191 Å². The molecular weight excluding hydrogens is 510 g/mol. The highest BCUT2D eigenvalue weighted by molar-refractivity contribution is 9.10. The van der Waals surface area contributed by atoms with Crippen LogP contribution in [0.4, 0.5) is 11.4 Å². The third-order valence-electron chi connectivity index (χ3n) is 3.95. The van der Waals surface area contributed by atoms with Crippen LogP contribution in [0.1, 0.15) is 13.8 Å². The van der Waals surface area contributed by atoms with E-state index in [9.17, 15) is 21.6 Å². The van der Waals surface area contributed by atoms with Gasteiger partial charge in [0.2, 0.25) is 26.0 Å². The first-order valence-corrected chi connectivity index (χ1v) is 13.2. The molecule has 0 aliphatic rings. The second kappa shape index (κ2) is 9.98. The first-order chi connectivity index (χ1) is 14.3. The Kier molecular flexibility index (Phi) is 8.09. The molecule has 0 bridgehead atoms. The van der Waals surface area contributed by atoms with Crippen LogP contribution in [0.25, 0.3) is 0 Å². The molecule has 2 aromatic rings. The number of carbonyl (C=O) groups is 1. The lowest BCUT2D eigenvalue weighted by atomic mass is 10.3. The number of methoxy groups -OCH3 is 1. The number of sulfonamides is 2. The van der Waals surface area contributed by atoms with Gasteiger partial charge in [-0.3, -0.25) is 9.10 Å². The standard InChI is InChI=1S/C19H24BrN3O6S2/c1-13(2)22-31(27,28)14-9-10-18(29-3)16(11-14)21-19(24)12-23(30(4,25)26)17-8-6-5-7-15(17)20/h5-11,13,22H,12H2,1-4H3,(H,21,24). The van der Waals surface area contributed by atoms with Crippen LogP contribution < -0.4 is 19.1 Å². The Morgan fingerprint density at radius 3 is 2.32 bits per heavy atom. The van der Waals surface area contributed by atoms with Crippen LogP contribution in [0.15, 0.2) is 51.8 Å². The molecule has 2 aromatic carbocycles. The molecule has 31 heavy (non-hydrogen) atoms. The summed E-state index contributed by atoms with van der Waals surface area (Å²) in [5.74, 6) is -0.450. The van der Waals surface area contributed by atoms with Gasteiger partial charge in [0.15, 0.2) is 0 Å². The van der Waals surface area contributed by atoms with Gasteiger partial charge in [0.05, 0.1) is 29.6 Å². The van der Waals surface area contributed by atoms with Gasteiger partial charge in [-0.1, -0.05) is 12.1 Å². The number of anilines is 2. The Hall–Kier alpha value is -2.15. The summed E-state index contributed by atoms with van der Waals surface area (Å²) in [6, 6.07) is 10.3. The molecule has 1 amide bonds. The fourth-order valence-electron chi connectivity index (χ4n) is 2.69. The number of benzene rings is 2. The predicted octanol–water partition coefficient (Wildman–Crippen LogP) is 2.55. The zero-order chi connectivity index (χ0) is 23.4. The van der Waals surface area contributed by atoms with Crippen LogP contribution in [0.5, 0.6) is 5.75 Å². The number of halogens is 1. The Balaban J connectivity index is 2.35. The molecule has 0 saturated carbocycles. The summed E-state index contributed by atoms with van der Waals surface area (Å²) in [7, 11) is -6.22. The van der Waals surface area contributed by atoms with Gasteiger partial charge in [0.1, 0.15) is 12.3 Å². The molecule has 0 fully saturated rings. The second-order valence-corrected chi connectivity index (χ2v) is 11.4. The molecular formula is C19H24BrN3O6S2. The molecule has 2 rings (SSSR count). The van der Waals surface area contributed by atoms with Crippen molar-refractivity contribution in [1.82, 2.24) is 4.72 Å². The third-order valence-corrected chi connectivity index (χ3v) is 7.41. The molecule has 170 valence electrons. The van der Waals surface area contributed by atoms with Gasteiger partial charge in [-0.2, -0.15) is 0 Å². The first-order valence-electron chi connectivity index (χ1n) is 9.07. The minimum Gasteiger partial charge on any atom is -0.495 e. The van der Waals surface area contributed by atoms with Gasteiger partial charge in [-0.15, -0.1) is 0 Å². The largest absolute Gasteiger partial charge is 0.495 e. The van der Waals surface area contributed by atoms with E-state index in [4.69, 9.17) is 4.74 Å². The number of nitrogens with zero attached hydrogens (tertiary/aromatic N) is 1. The lowest BCUT2D eigenvalue weighted by Gasteiger charge is -2.23. The van der Waals surface area contributed by atoms with Crippen LogP contribution >= 0.6 is 15.9 Å². The van der Waals surface area contributed by atoms with Crippen molar-refractivity contribution in [2.24, 2.45) is 0 Å². The molecule has 12 heteroatoms. The highest BCUT2D eigenvalue weighted by Crippen LogP contribution is 2.29. The fraction of sp³-hybridized carbons (Fsp3) is 0.316. The molecule has 0 aliphatic heterocycles. The molecule has 0 atom stereocenters. The van der Waals surface area contributed by atoms with Crippen molar-refractivity contribution in [3.8, 4) is 5.75 Å². The number of para-hydroxylation sites is 1. The predicted molar refractivity (Wildman–Crippen MR) is 123 cm³/mol. The maximum atomic E-state index is 12.7. The fourth-order valence-corrected chi connectivity index (χ4v) is 5.45. The van der Waals surface area contributed by atoms with Gasteiger partial charge >= 0.3 is 0 Å². The molecule has 0 unspecified atom stereocenters. The average molecular weight is 534 g/mol. The van der Waals surface area contributed by atoms with Gasteiger partial charge < -0.3 is 10.1 Å². The summed E-state index contributed by atoms with van der Waals surface area (Å²) in [5.41, 5.74) is 0.393. The van der Waals surface area contributed by atoms with Gasteiger partial charge in [-0.05, 0) is 60.1 Å². The lowest BCUT2D eigenvalue weighted by Crippen LogP contribution is -2.37. The maximum absolute atomic E-state index is 12.7. The van der Waals surface area contributed by atoms with Crippen molar-refractivity contribution in [2.45, 2.75) is 24.8 Å². The molecule has 0 spiro atoms. The number of hydrogen-bond acceptors (Lipinski definition) is 6. The van der Waals surface area contributed by atoms with Crippen molar-refractivity contribution in [3.05, 3.63) is 46.9 Å². The molecule has 0 aromatic heterocycles. The minimum absolute atomic E-state index is 0.0666. The van der Waals surface area contributed by atoms with E-state index < -0.39 is 32.5 Å². The monoisotopic (exact) mass is 533 g/mol. The van der Waals surface area contributed by atoms with E-state index in [1.807, 2.05) is 0 Å². The summed E-state index contributed by atoms with van der Waals surface area (Å²) in [4.78, 5) is 12.6. The van der Waals surface area contributed by atoms with Crippen LogP contribution in [-0.4, -0.2) is 48.7 Å². The SMILES string of the molecule is COc1ccc(S(=O)(=O)NC(C)C)cc1NC(=O)CN(c1ccccc1Br)S(C)(=O)=O. The number of rotatable bonds is 9.